The van der Waals surface area contributed by atoms with Crippen molar-refractivity contribution in [1.29, 1.82) is 0 Å². The van der Waals surface area contributed by atoms with Gasteiger partial charge in [-0.15, -0.1) is 0 Å². The molecule has 0 saturated heterocycles. The number of carbonyl (C=O) groups is 1. The summed E-state index contributed by atoms with van der Waals surface area (Å²) in [5.74, 6) is 5.89. The highest BCUT2D eigenvalue weighted by atomic mass is 16.5. The Morgan fingerprint density at radius 1 is 1.32 bits per heavy atom. The van der Waals surface area contributed by atoms with Crippen molar-refractivity contribution < 1.29 is 14.6 Å². The molecule has 1 fully saturated rings. The molecule has 0 amide bonds. The highest BCUT2D eigenvalue weighted by molar-refractivity contribution is 5.88. The summed E-state index contributed by atoms with van der Waals surface area (Å²) >= 11 is 0. The predicted octanol–water partition coefficient (Wildman–Crippen LogP) is 3.81. The van der Waals surface area contributed by atoms with E-state index in [4.69, 9.17) is 4.74 Å². The van der Waals surface area contributed by atoms with Crippen LogP contribution in [0.1, 0.15) is 60.5 Å². The fourth-order valence-electron chi connectivity index (χ4n) is 4.30. The molecule has 2 aliphatic rings. The fraction of sp³-hybridized carbons (Fsp3) is 0.391. The summed E-state index contributed by atoms with van der Waals surface area (Å²) in [4.78, 5) is 23.9. The number of pyridine rings is 1. The minimum Gasteiger partial charge on any atom is -0.495 e. The van der Waals surface area contributed by atoms with Gasteiger partial charge in [0, 0.05) is 29.8 Å². The quantitative estimate of drug-likeness (QED) is 0.826. The molecule has 1 spiro atoms. The Morgan fingerprint density at radius 2 is 2.11 bits per heavy atom. The van der Waals surface area contributed by atoms with Gasteiger partial charge in [-0.25, -0.2) is 4.79 Å². The summed E-state index contributed by atoms with van der Waals surface area (Å²) in [6.45, 7) is 2.10. The van der Waals surface area contributed by atoms with Gasteiger partial charge in [0.05, 0.1) is 18.4 Å². The SMILES string of the molecule is CCCC#Cc1cc2c(cc1OC)-c1cc(=O)c(C(=O)O)cn1C1(CCC1)C2. The van der Waals surface area contributed by atoms with Crippen LogP contribution in [0, 0.1) is 11.8 Å². The number of methoxy groups -OCH3 is 1. The Labute approximate surface area is 164 Å². The van der Waals surface area contributed by atoms with Crippen LogP contribution in [0.5, 0.6) is 5.75 Å². The topological polar surface area (TPSA) is 68.5 Å². The van der Waals surface area contributed by atoms with Crippen LogP contribution in [0.4, 0.5) is 0 Å². The number of unbranched alkanes of at least 4 members (excludes halogenated alkanes) is 1. The van der Waals surface area contributed by atoms with Gasteiger partial charge in [0.15, 0.2) is 5.43 Å². The van der Waals surface area contributed by atoms with Gasteiger partial charge < -0.3 is 14.4 Å². The van der Waals surface area contributed by atoms with Gasteiger partial charge in [0.1, 0.15) is 11.3 Å². The number of hydrogen-bond donors (Lipinski definition) is 1. The van der Waals surface area contributed by atoms with Crippen molar-refractivity contribution >= 4 is 5.97 Å². The summed E-state index contributed by atoms with van der Waals surface area (Å²) in [6.07, 6.45) is 7.23. The number of nitrogens with zero attached hydrogens (tertiary/aromatic N) is 1. The predicted molar refractivity (Wildman–Crippen MR) is 107 cm³/mol. The Balaban J connectivity index is 1.93. The number of fused-ring (bicyclic) bond motifs is 4. The number of ether oxygens (including phenoxy) is 1. The molecule has 0 radical (unpaired) electrons. The molecule has 0 unspecified atom stereocenters. The molecule has 1 aliphatic carbocycles. The maximum absolute atomic E-state index is 12.4. The lowest BCUT2D eigenvalue weighted by Crippen LogP contribution is -2.46. The van der Waals surface area contributed by atoms with E-state index < -0.39 is 11.4 Å². The van der Waals surface area contributed by atoms with E-state index in [1.807, 2.05) is 10.6 Å². The smallest absolute Gasteiger partial charge is 0.341 e. The van der Waals surface area contributed by atoms with Crippen LogP contribution in [-0.4, -0.2) is 22.8 Å². The van der Waals surface area contributed by atoms with E-state index in [-0.39, 0.29) is 11.1 Å². The zero-order valence-electron chi connectivity index (χ0n) is 16.2. The van der Waals surface area contributed by atoms with Crippen molar-refractivity contribution in [2.24, 2.45) is 0 Å². The maximum atomic E-state index is 12.4. The molecule has 0 atom stereocenters. The van der Waals surface area contributed by atoms with E-state index >= 15 is 0 Å². The average Bonchev–Trinajstić information content (AvgIpc) is 2.65. The number of carboxylic acids is 1. The first-order valence-electron chi connectivity index (χ1n) is 9.70. The normalized spacial score (nSPS) is 15.6. The van der Waals surface area contributed by atoms with E-state index in [9.17, 15) is 14.7 Å². The molecule has 2 aromatic rings. The average molecular weight is 377 g/mol. The van der Waals surface area contributed by atoms with Gasteiger partial charge in [-0.3, -0.25) is 4.79 Å². The van der Waals surface area contributed by atoms with Crippen molar-refractivity contribution in [1.82, 2.24) is 4.57 Å². The van der Waals surface area contributed by atoms with Crippen LogP contribution in [0.2, 0.25) is 0 Å². The summed E-state index contributed by atoms with van der Waals surface area (Å²) in [7, 11) is 1.61. The number of aromatic nitrogens is 1. The van der Waals surface area contributed by atoms with Gasteiger partial charge in [0.25, 0.3) is 0 Å². The molecule has 28 heavy (non-hydrogen) atoms. The number of carboxylic acid groups (broad SMARTS) is 1. The lowest BCUT2D eigenvalue weighted by atomic mass is 9.69. The molecule has 1 saturated carbocycles. The van der Waals surface area contributed by atoms with Gasteiger partial charge >= 0.3 is 5.97 Å². The molecule has 1 aromatic heterocycles. The third kappa shape index (κ3) is 2.80. The van der Waals surface area contributed by atoms with Crippen LogP contribution >= 0.6 is 0 Å². The third-order valence-corrected chi connectivity index (χ3v) is 5.90. The Bertz CT molecular complexity index is 1080. The molecular weight excluding hydrogens is 354 g/mol. The van der Waals surface area contributed by atoms with E-state index in [0.29, 0.717) is 5.75 Å². The largest absolute Gasteiger partial charge is 0.495 e. The fourth-order valence-corrected chi connectivity index (χ4v) is 4.30. The first kappa shape index (κ1) is 18.4. The summed E-state index contributed by atoms with van der Waals surface area (Å²) in [5.41, 5.74) is 2.90. The van der Waals surface area contributed by atoms with Crippen LogP contribution in [0.3, 0.4) is 0 Å². The molecule has 144 valence electrons. The molecule has 2 heterocycles. The van der Waals surface area contributed by atoms with Crippen molar-refractivity contribution in [2.45, 2.75) is 51.0 Å². The van der Waals surface area contributed by atoms with Gasteiger partial charge in [-0.2, -0.15) is 0 Å². The minimum atomic E-state index is -1.18. The number of benzene rings is 1. The molecule has 5 heteroatoms. The third-order valence-electron chi connectivity index (χ3n) is 5.90. The Hall–Kier alpha value is -3.00. The highest BCUT2D eigenvalue weighted by Crippen LogP contribution is 2.49. The maximum Gasteiger partial charge on any atom is 0.341 e. The number of hydrogen-bond acceptors (Lipinski definition) is 3. The van der Waals surface area contributed by atoms with Crippen molar-refractivity contribution in [2.75, 3.05) is 7.11 Å². The summed E-state index contributed by atoms with van der Waals surface area (Å²) in [5, 5.41) is 9.40. The lowest BCUT2D eigenvalue weighted by Gasteiger charge is -2.48. The Morgan fingerprint density at radius 3 is 2.71 bits per heavy atom. The molecule has 1 N–H and O–H groups in total. The first-order chi connectivity index (χ1) is 13.5. The number of aromatic carboxylic acids is 1. The van der Waals surface area contributed by atoms with E-state index in [2.05, 4.69) is 24.8 Å². The van der Waals surface area contributed by atoms with Crippen LogP contribution in [0.25, 0.3) is 11.3 Å². The molecule has 5 nitrogen and oxygen atoms in total. The summed E-state index contributed by atoms with van der Waals surface area (Å²) in [6, 6.07) is 5.47. The number of rotatable bonds is 3. The standard InChI is InChI=1S/C23H23NO4/c1-3-4-5-7-15-10-16-13-23(8-6-9-23)24-14-18(22(26)27)20(25)12-19(24)17(16)11-21(15)28-2/h10-12,14H,3-4,6,8-9,13H2,1-2H3,(H,26,27). The van der Waals surface area contributed by atoms with E-state index in [0.717, 1.165) is 60.9 Å². The zero-order chi connectivity index (χ0) is 19.9. The van der Waals surface area contributed by atoms with Crippen LogP contribution in [-0.2, 0) is 12.0 Å². The van der Waals surface area contributed by atoms with Crippen LogP contribution in [0.15, 0.2) is 29.2 Å². The molecule has 1 aromatic carbocycles. The van der Waals surface area contributed by atoms with Crippen LogP contribution < -0.4 is 10.2 Å². The molecule has 0 bridgehead atoms. The molecule has 4 rings (SSSR count). The highest BCUT2D eigenvalue weighted by Gasteiger charge is 2.43. The molecule has 1 aliphatic heterocycles. The Kier molecular flexibility index (Phi) is 4.50. The molecular formula is C23H23NO4. The zero-order valence-corrected chi connectivity index (χ0v) is 16.2. The van der Waals surface area contributed by atoms with Gasteiger partial charge in [-0.05, 0) is 49.8 Å². The summed E-state index contributed by atoms with van der Waals surface area (Å²) < 4.78 is 7.58. The first-order valence-corrected chi connectivity index (χ1v) is 9.70. The van der Waals surface area contributed by atoms with E-state index in [1.54, 1.807) is 7.11 Å². The lowest BCUT2D eigenvalue weighted by molar-refractivity contribution is 0.0691. The van der Waals surface area contributed by atoms with Gasteiger partial charge in [0.2, 0.25) is 0 Å². The minimum absolute atomic E-state index is 0.150. The second-order valence-electron chi connectivity index (χ2n) is 7.63. The monoisotopic (exact) mass is 377 g/mol. The van der Waals surface area contributed by atoms with Crippen molar-refractivity contribution in [3.8, 4) is 28.8 Å². The van der Waals surface area contributed by atoms with Crippen molar-refractivity contribution in [3.05, 3.63) is 51.3 Å². The van der Waals surface area contributed by atoms with E-state index in [1.165, 1.54) is 12.3 Å². The van der Waals surface area contributed by atoms with Crippen molar-refractivity contribution in [3.63, 3.8) is 0 Å². The second-order valence-corrected chi connectivity index (χ2v) is 7.63. The second kappa shape index (κ2) is 6.87. The van der Waals surface area contributed by atoms with Gasteiger partial charge in [-0.1, -0.05) is 18.8 Å².